The fraction of sp³-hybridized carbons (Fsp3) is 0.375. The van der Waals surface area contributed by atoms with Gasteiger partial charge >= 0.3 is 0 Å². The summed E-state index contributed by atoms with van der Waals surface area (Å²) in [5.41, 5.74) is 15.5. The summed E-state index contributed by atoms with van der Waals surface area (Å²) < 4.78 is 13.1. The third-order valence-corrected chi connectivity index (χ3v) is 10.3. The quantitative estimate of drug-likeness (QED) is 0.103. The SMILES string of the molecule is CCn1nc(C)cc1C(=O)Nc1nc2cc(C(N)=O)cnc2n1C/C=C/Cn1c(NC(=O)c2cc(C)nn2CC)nc2cc(C(N)=O)cc(OCCN3CCN(C)CC3)c21. The molecule has 0 saturated carbocycles. The van der Waals surface area contributed by atoms with Crippen LogP contribution >= 0.6 is 0 Å². The van der Waals surface area contributed by atoms with E-state index in [1.165, 1.54) is 12.3 Å². The number of imidazole rings is 2. The summed E-state index contributed by atoms with van der Waals surface area (Å²) in [6.07, 6.45) is 5.06. The molecule has 7 rings (SSSR count). The van der Waals surface area contributed by atoms with Crippen molar-refractivity contribution in [2.45, 2.75) is 53.9 Å². The fourth-order valence-electron chi connectivity index (χ4n) is 7.16. The van der Waals surface area contributed by atoms with E-state index in [0.717, 1.165) is 26.2 Å². The Hall–Kier alpha value is -6.93. The smallest absolute Gasteiger partial charge is 0.276 e. The second-order valence-electron chi connectivity index (χ2n) is 14.6. The number of primary amides is 2. The molecular weight excluding hydrogens is 771 g/mol. The van der Waals surface area contributed by atoms with Gasteiger partial charge in [-0.1, -0.05) is 12.2 Å². The number of carbonyl (C=O) groups excluding carboxylic acids is 4. The summed E-state index contributed by atoms with van der Waals surface area (Å²) in [7, 11) is 2.10. The van der Waals surface area contributed by atoms with Gasteiger partial charge in [0.1, 0.15) is 34.8 Å². The van der Waals surface area contributed by atoms with Crippen LogP contribution in [0.2, 0.25) is 0 Å². The van der Waals surface area contributed by atoms with Crippen LogP contribution < -0.4 is 26.8 Å². The molecular formula is C40H49N15O5. The first-order valence-electron chi connectivity index (χ1n) is 19.7. The molecule has 20 nitrogen and oxygen atoms in total. The number of aryl methyl sites for hydroxylation is 4. The molecule has 0 aliphatic carbocycles. The van der Waals surface area contributed by atoms with E-state index < -0.39 is 23.6 Å². The number of pyridine rings is 1. The highest BCUT2D eigenvalue weighted by Crippen LogP contribution is 2.32. The van der Waals surface area contributed by atoms with Crippen molar-refractivity contribution in [1.82, 2.24) is 53.4 Å². The van der Waals surface area contributed by atoms with Crippen molar-refractivity contribution in [3.63, 3.8) is 0 Å². The maximum atomic E-state index is 13.8. The number of anilines is 2. The molecule has 1 aliphatic heterocycles. The molecule has 314 valence electrons. The lowest BCUT2D eigenvalue weighted by atomic mass is 10.1. The first kappa shape index (κ1) is 41.2. The lowest BCUT2D eigenvalue weighted by Gasteiger charge is -2.32. The monoisotopic (exact) mass is 819 g/mol. The van der Waals surface area contributed by atoms with Crippen LogP contribution in [0.3, 0.4) is 0 Å². The molecule has 6 N–H and O–H groups in total. The number of amides is 4. The van der Waals surface area contributed by atoms with Crippen LogP contribution in [-0.4, -0.2) is 123 Å². The number of carbonyl (C=O) groups is 4. The number of hydrogen-bond acceptors (Lipinski definition) is 12. The second kappa shape index (κ2) is 17.5. The number of fused-ring (bicyclic) bond motifs is 2. The summed E-state index contributed by atoms with van der Waals surface area (Å²) in [5, 5.41) is 14.7. The van der Waals surface area contributed by atoms with Gasteiger partial charge in [0, 0.05) is 70.7 Å². The molecule has 0 spiro atoms. The minimum Gasteiger partial charge on any atom is -0.490 e. The molecule has 6 aromatic rings. The van der Waals surface area contributed by atoms with E-state index in [1.807, 2.05) is 32.9 Å². The van der Waals surface area contributed by atoms with E-state index in [1.54, 1.807) is 49.7 Å². The van der Waals surface area contributed by atoms with Gasteiger partial charge in [0.2, 0.25) is 23.7 Å². The van der Waals surface area contributed by atoms with E-state index >= 15 is 0 Å². The average Bonchev–Trinajstić information content (AvgIpc) is 3.99. The Labute approximate surface area is 345 Å². The molecule has 5 aromatic heterocycles. The zero-order valence-electron chi connectivity index (χ0n) is 34.3. The van der Waals surface area contributed by atoms with Gasteiger partial charge in [-0.25, -0.2) is 15.0 Å². The van der Waals surface area contributed by atoms with E-state index in [2.05, 4.69) is 47.6 Å². The molecule has 1 fully saturated rings. The van der Waals surface area contributed by atoms with Crippen molar-refractivity contribution in [3.8, 4) is 5.75 Å². The van der Waals surface area contributed by atoms with Gasteiger partial charge in [0.05, 0.1) is 22.5 Å². The number of benzene rings is 1. The molecule has 6 heterocycles. The molecule has 0 atom stereocenters. The number of aromatic nitrogens is 9. The van der Waals surface area contributed by atoms with Crippen molar-refractivity contribution in [1.29, 1.82) is 0 Å². The molecule has 0 radical (unpaired) electrons. The summed E-state index contributed by atoms with van der Waals surface area (Å²) in [5.74, 6) is -1.38. The Balaban J connectivity index is 1.23. The highest BCUT2D eigenvalue weighted by molar-refractivity contribution is 6.05. The van der Waals surface area contributed by atoms with E-state index in [0.29, 0.717) is 77.0 Å². The van der Waals surface area contributed by atoms with Crippen LogP contribution in [0.5, 0.6) is 5.75 Å². The van der Waals surface area contributed by atoms with Crippen molar-refractivity contribution >= 4 is 57.7 Å². The number of allylic oxidation sites excluding steroid dienone is 2. The molecule has 1 aromatic carbocycles. The summed E-state index contributed by atoms with van der Waals surface area (Å²) >= 11 is 0. The average molecular weight is 820 g/mol. The third-order valence-electron chi connectivity index (χ3n) is 10.3. The first-order chi connectivity index (χ1) is 28.8. The molecule has 20 heteroatoms. The van der Waals surface area contributed by atoms with Gasteiger partial charge in [-0.15, -0.1) is 0 Å². The van der Waals surface area contributed by atoms with Crippen LogP contribution in [0.15, 0.2) is 48.7 Å². The van der Waals surface area contributed by atoms with E-state index in [9.17, 15) is 19.2 Å². The lowest BCUT2D eigenvalue weighted by molar-refractivity contribution is 0.0991. The van der Waals surface area contributed by atoms with Gasteiger partial charge < -0.3 is 25.7 Å². The highest BCUT2D eigenvalue weighted by Gasteiger charge is 2.23. The third kappa shape index (κ3) is 8.73. The van der Waals surface area contributed by atoms with Gasteiger partial charge in [-0.05, 0) is 65.1 Å². The summed E-state index contributed by atoms with van der Waals surface area (Å²) in [6, 6.07) is 8.08. The number of piperazine rings is 1. The summed E-state index contributed by atoms with van der Waals surface area (Å²) in [6.45, 7) is 13.5. The maximum absolute atomic E-state index is 13.8. The zero-order chi connectivity index (χ0) is 42.7. The van der Waals surface area contributed by atoms with E-state index in [-0.39, 0.29) is 36.1 Å². The van der Waals surface area contributed by atoms with Crippen molar-refractivity contribution < 1.29 is 23.9 Å². The molecule has 4 amide bonds. The van der Waals surface area contributed by atoms with Crippen LogP contribution in [0, 0.1) is 13.8 Å². The predicted octanol–water partition coefficient (Wildman–Crippen LogP) is 2.42. The summed E-state index contributed by atoms with van der Waals surface area (Å²) in [4.78, 5) is 70.3. The molecule has 1 aliphatic rings. The van der Waals surface area contributed by atoms with Crippen molar-refractivity contribution in [2.24, 2.45) is 11.5 Å². The Bertz CT molecular complexity index is 2630. The molecule has 1 saturated heterocycles. The minimum absolute atomic E-state index is 0.167. The number of ether oxygens (including phenoxy) is 1. The second-order valence-corrected chi connectivity index (χ2v) is 14.6. The van der Waals surface area contributed by atoms with Gasteiger partial charge in [-0.3, -0.25) is 48.6 Å². The normalized spacial score (nSPS) is 13.8. The van der Waals surface area contributed by atoms with E-state index in [4.69, 9.17) is 21.2 Å². The maximum Gasteiger partial charge on any atom is 0.276 e. The number of rotatable bonds is 16. The molecule has 0 bridgehead atoms. The van der Waals surface area contributed by atoms with Crippen molar-refractivity contribution in [3.05, 3.63) is 82.6 Å². The highest BCUT2D eigenvalue weighted by atomic mass is 16.5. The largest absolute Gasteiger partial charge is 0.490 e. The molecule has 60 heavy (non-hydrogen) atoms. The van der Waals surface area contributed by atoms with Gasteiger partial charge in [-0.2, -0.15) is 10.2 Å². The predicted molar refractivity (Wildman–Crippen MR) is 224 cm³/mol. The van der Waals surface area contributed by atoms with Gasteiger partial charge in [0.25, 0.3) is 11.8 Å². The number of nitrogens with two attached hydrogens (primary N) is 2. The Morgan fingerprint density at radius 3 is 1.88 bits per heavy atom. The minimum atomic E-state index is -0.665. The molecule has 0 unspecified atom stereocenters. The first-order valence-corrected chi connectivity index (χ1v) is 19.7. The van der Waals surface area contributed by atoms with Crippen LogP contribution in [-0.2, 0) is 26.2 Å². The van der Waals surface area contributed by atoms with Crippen LogP contribution in [0.1, 0.15) is 66.9 Å². The topological polar surface area (TPSA) is 244 Å². The van der Waals surface area contributed by atoms with Crippen LogP contribution in [0.25, 0.3) is 22.2 Å². The Morgan fingerprint density at radius 2 is 1.30 bits per heavy atom. The van der Waals surface area contributed by atoms with Crippen molar-refractivity contribution in [2.75, 3.05) is 57.0 Å². The number of nitrogens with zero attached hydrogens (tertiary/aromatic N) is 11. The number of nitrogens with one attached hydrogen (secondary N) is 2. The standard InChI is InChI=1S/C40H49N15O5/c1-6-54-30(18-24(3)48-54)37(58)46-39-44-28-20-26(34(41)56)22-32(60-17-16-51-14-12-50(5)13-15-51)33(28)52(39)10-8-9-11-53-36-29(21-27(23-43-36)35(42)57)45-40(53)47-38(59)31-19-25(4)49-55(31)7-2/h8-9,18-23H,6-7,10-17H2,1-5H3,(H2,41,56)(H2,42,57)(H,44,46,58)(H,45,47,59)/b9-8+. The Kier molecular flexibility index (Phi) is 12.0. The van der Waals surface area contributed by atoms with Gasteiger partial charge in [0.15, 0.2) is 5.65 Å². The van der Waals surface area contributed by atoms with Crippen LogP contribution in [0.4, 0.5) is 11.9 Å². The fourth-order valence-corrected chi connectivity index (χ4v) is 7.16. The lowest BCUT2D eigenvalue weighted by Crippen LogP contribution is -2.45. The number of hydrogen-bond donors (Lipinski definition) is 4. The Morgan fingerprint density at radius 1 is 0.750 bits per heavy atom. The zero-order valence-corrected chi connectivity index (χ0v) is 34.3. The number of likely N-dealkylation sites (N-methyl/N-ethyl adjacent to an activating group) is 1.